The molecule has 35 heavy (non-hydrogen) atoms. The lowest BCUT2D eigenvalue weighted by molar-refractivity contribution is -0.123. The Hall–Kier alpha value is -2.35. The van der Waals surface area contributed by atoms with Crippen LogP contribution in [0.1, 0.15) is 25.0 Å². The Morgan fingerprint density at radius 1 is 1.17 bits per heavy atom. The van der Waals surface area contributed by atoms with Gasteiger partial charge in [0.1, 0.15) is 6.04 Å². The second-order valence-corrected chi connectivity index (χ2v) is 11.0. The smallest absolute Gasteiger partial charge is 0.407 e. The number of fused-ring (bicyclic) bond motifs is 1. The second kappa shape index (κ2) is 12.6. The largest absolute Gasteiger partial charge is 0.449 e. The van der Waals surface area contributed by atoms with Gasteiger partial charge in [-0.1, -0.05) is 32.0 Å². The van der Waals surface area contributed by atoms with E-state index in [1.165, 1.54) is 0 Å². The minimum Gasteiger partial charge on any atom is -0.449 e. The molecule has 1 atom stereocenters. The zero-order valence-electron chi connectivity index (χ0n) is 20.1. The Morgan fingerprint density at radius 3 is 2.51 bits per heavy atom. The molecule has 0 aliphatic heterocycles. The number of carbonyl (C=O) groups excluding carboxylic acids is 2. The number of amides is 2. The molecule has 0 radical (unpaired) electrons. The summed E-state index contributed by atoms with van der Waals surface area (Å²) in [6.07, 6.45) is 3.11. The SMILES string of the molecule is CC(C)COC(=O)N[C@H](Cc1c[nH]c2ccccc12)C(=O)N/N=C\c1cc(I)c(N(C)C)c(I)c1. The van der Waals surface area contributed by atoms with Gasteiger partial charge in [-0.2, -0.15) is 5.10 Å². The van der Waals surface area contributed by atoms with Crippen molar-refractivity contribution in [1.82, 2.24) is 15.7 Å². The zero-order valence-corrected chi connectivity index (χ0v) is 24.4. The van der Waals surface area contributed by atoms with Gasteiger partial charge in [0.05, 0.1) is 18.5 Å². The van der Waals surface area contributed by atoms with E-state index in [1.807, 2.05) is 70.5 Å². The van der Waals surface area contributed by atoms with Gasteiger partial charge in [-0.15, -0.1) is 0 Å². The summed E-state index contributed by atoms with van der Waals surface area (Å²) >= 11 is 4.57. The first-order chi connectivity index (χ1) is 16.7. The number of hydrogen-bond donors (Lipinski definition) is 3. The number of hydrogen-bond acceptors (Lipinski definition) is 5. The number of aromatic amines is 1. The normalized spacial score (nSPS) is 12.2. The number of carbonyl (C=O) groups is 2. The summed E-state index contributed by atoms with van der Waals surface area (Å²) in [6, 6.07) is 11.0. The molecule has 0 bridgehead atoms. The van der Waals surface area contributed by atoms with Gasteiger partial charge in [0.25, 0.3) is 5.91 Å². The van der Waals surface area contributed by atoms with Crippen LogP contribution in [0.5, 0.6) is 0 Å². The van der Waals surface area contributed by atoms with Crippen LogP contribution < -0.4 is 15.6 Å². The number of aromatic nitrogens is 1. The van der Waals surface area contributed by atoms with E-state index < -0.39 is 18.0 Å². The van der Waals surface area contributed by atoms with Gasteiger partial charge < -0.3 is 19.9 Å². The summed E-state index contributed by atoms with van der Waals surface area (Å²) in [6.45, 7) is 4.17. The van der Waals surface area contributed by atoms with Crippen molar-refractivity contribution in [1.29, 1.82) is 0 Å². The summed E-state index contributed by atoms with van der Waals surface area (Å²) in [5.41, 5.74) is 6.45. The van der Waals surface area contributed by atoms with Gasteiger partial charge in [-0.25, -0.2) is 10.2 Å². The molecule has 3 rings (SSSR count). The number of para-hydroxylation sites is 1. The molecule has 0 aliphatic carbocycles. The summed E-state index contributed by atoms with van der Waals surface area (Å²) < 4.78 is 7.40. The van der Waals surface area contributed by atoms with Crippen molar-refractivity contribution in [2.24, 2.45) is 11.0 Å². The summed E-state index contributed by atoms with van der Waals surface area (Å²) in [7, 11) is 4.00. The van der Waals surface area contributed by atoms with Gasteiger partial charge in [-0.05, 0) is 80.4 Å². The Labute approximate surface area is 232 Å². The quantitative estimate of drug-likeness (QED) is 0.168. The first-order valence-corrected chi connectivity index (χ1v) is 13.3. The van der Waals surface area contributed by atoms with Gasteiger partial charge in [-0.3, -0.25) is 4.79 Å². The van der Waals surface area contributed by atoms with Crippen LogP contribution in [0.3, 0.4) is 0 Å². The number of rotatable bonds is 9. The van der Waals surface area contributed by atoms with Crippen molar-refractivity contribution >= 4 is 80.0 Å². The number of anilines is 1. The number of nitrogens with zero attached hydrogens (tertiary/aromatic N) is 2. The molecule has 3 N–H and O–H groups in total. The molecular weight excluding hydrogens is 672 g/mol. The van der Waals surface area contributed by atoms with E-state index in [0.29, 0.717) is 0 Å². The van der Waals surface area contributed by atoms with Crippen molar-refractivity contribution in [2.45, 2.75) is 26.3 Å². The molecule has 1 aromatic heterocycles. The fraction of sp³-hybridized carbons (Fsp3) is 0.320. The van der Waals surface area contributed by atoms with Gasteiger partial charge in [0.2, 0.25) is 0 Å². The maximum atomic E-state index is 13.0. The molecule has 3 aromatic rings. The molecular formula is C25H29I2N5O3. The molecule has 0 fully saturated rings. The maximum Gasteiger partial charge on any atom is 0.407 e. The third-order valence-electron chi connectivity index (χ3n) is 5.13. The molecule has 0 spiro atoms. The molecule has 2 aromatic carbocycles. The van der Waals surface area contributed by atoms with Gasteiger partial charge in [0, 0.05) is 44.8 Å². The van der Waals surface area contributed by atoms with Crippen LogP contribution in [0.25, 0.3) is 10.9 Å². The number of H-pyrrole nitrogens is 1. The van der Waals surface area contributed by atoms with E-state index in [1.54, 1.807) is 6.21 Å². The molecule has 10 heteroatoms. The Bertz CT molecular complexity index is 1200. The van der Waals surface area contributed by atoms with Crippen molar-refractivity contribution in [3.63, 3.8) is 0 Å². The number of halogens is 2. The highest BCUT2D eigenvalue weighted by Gasteiger charge is 2.23. The monoisotopic (exact) mass is 701 g/mol. The molecule has 1 heterocycles. The zero-order chi connectivity index (χ0) is 25.5. The van der Waals surface area contributed by atoms with E-state index >= 15 is 0 Å². The number of benzene rings is 2. The molecule has 186 valence electrons. The Morgan fingerprint density at radius 2 is 1.86 bits per heavy atom. The lowest BCUT2D eigenvalue weighted by Crippen LogP contribution is -2.47. The minimum atomic E-state index is -0.859. The van der Waals surface area contributed by atoms with E-state index in [0.717, 1.165) is 34.9 Å². The lowest BCUT2D eigenvalue weighted by Gasteiger charge is -2.18. The molecule has 2 amide bonds. The topological polar surface area (TPSA) is 98.8 Å². The number of ether oxygens (including phenoxy) is 1. The Balaban J connectivity index is 1.75. The minimum absolute atomic E-state index is 0.190. The molecule has 0 aliphatic rings. The van der Waals surface area contributed by atoms with Crippen molar-refractivity contribution in [3.8, 4) is 0 Å². The van der Waals surface area contributed by atoms with Crippen LogP contribution in [0.4, 0.5) is 10.5 Å². The predicted molar refractivity (Wildman–Crippen MR) is 157 cm³/mol. The average molecular weight is 701 g/mol. The first kappa shape index (κ1) is 27.2. The van der Waals surface area contributed by atoms with Crippen LogP contribution in [-0.4, -0.2) is 49.9 Å². The highest BCUT2D eigenvalue weighted by Crippen LogP contribution is 2.28. The number of hydrazone groups is 1. The summed E-state index contributed by atoms with van der Waals surface area (Å²) in [5.74, 6) is -0.238. The van der Waals surface area contributed by atoms with Crippen molar-refractivity contribution in [3.05, 3.63) is 60.9 Å². The van der Waals surface area contributed by atoms with Crippen LogP contribution in [0.15, 0.2) is 47.7 Å². The van der Waals surface area contributed by atoms with Crippen LogP contribution >= 0.6 is 45.2 Å². The van der Waals surface area contributed by atoms with E-state index in [2.05, 4.69) is 70.9 Å². The van der Waals surface area contributed by atoms with Crippen LogP contribution in [0.2, 0.25) is 0 Å². The first-order valence-electron chi connectivity index (χ1n) is 11.1. The lowest BCUT2D eigenvalue weighted by atomic mass is 10.0. The molecule has 0 saturated carbocycles. The second-order valence-electron chi connectivity index (χ2n) is 8.71. The summed E-state index contributed by atoms with van der Waals surface area (Å²) in [4.78, 5) is 30.6. The van der Waals surface area contributed by atoms with Gasteiger partial charge in [0.15, 0.2) is 0 Å². The van der Waals surface area contributed by atoms with Crippen molar-refractivity contribution < 1.29 is 14.3 Å². The summed E-state index contributed by atoms with van der Waals surface area (Å²) in [5, 5.41) is 7.84. The molecule has 8 nitrogen and oxygen atoms in total. The van der Waals surface area contributed by atoms with E-state index in [9.17, 15) is 9.59 Å². The van der Waals surface area contributed by atoms with E-state index in [-0.39, 0.29) is 18.9 Å². The maximum absolute atomic E-state index is 13.0. The van der Waals surface area contributed by atoms with Crippen molar-refractivity contribution in [2.75, 3.05) is 25.6 Å². The average Bonchev–Trinajstić information content (AvgIpc) is 3.19. The standard InChI is InChI=1S/C25H29I2N5O3/c1-15(2)14-35-25(34)30-22(11-17-13-28-21-8-6-5-7-18(17)21)24(33)31-29-12-16-9-19(26)23(32(3)4)20(27)10-16/h5-10,12-13,15,22,28H,11,14H2,1-4H3,(H,30,34)(H,31,33)/b29-12-/t22-/m1/s1. The number of nitrogens with one attached hydrogen (secondary N) is 3. The fourth-order valence-corrected chi connectivity index (χ4v) is 6.27. The predicted octanol–water partition coefficient (Wildman–Crippen LogP) is 4.89. The third-order valence-corrected chi connectivity index (χ3v) is 6.77. The van der Waals surface area contributed by atoms with Crippen LogP contribution in [-0.2, 0) is 16.0 Å². The van der Waals surface area contributed by atoms with E-state index in [4.69, 9.17) is 4.74 Å². The van der Waals surface area contributed by atoms with Crippen LogP contribution in [0, 0.1) is 13.1 Å². The highest BCUT2D eigenvalue weighted by atomic mass is 127. The third kappa shape index (κ3) is 7.56. The molecule has 0 unspecified atom stereocenters. The fourth-order valence-electron chi connectivity index (χ4n) is 3.49. The Kier molecular flexibility index (Phi) is 9.78. The van der Waals surface area contributed by atoms with Gasteiger partial charge >= 0.3 is 6.09 Å². The molecule has 0 saturated heterocycles. The number of alkyl carbamates (subject to hydrolysis) is 1. The highest BCUT2D eigenvalue weighted by molar-refractivity contribution is 14.1.